The fourth-order valence-electron chi connectivity index (χ4n) is 3.49. The van der Waals surface area contributed by atoms with Crippen LogP contribution in [0.2, 0.25) is 0 Å². The highest BCUT2D eigenvalue weighted by Gasteiger charge is 2.35. The zero-order valence-corrected chi connectivity index (χ0v) is 15.5. The molecule has 1 aromatic rings. The summed E-state index contributed by atoms with van der Waals surface area (Å²) in [5, 5.41) is 9.44. The maximum atomic E-state index is 12.7. The number of aromatic nitrogens is 2. The van der Waals surface area contributed by atoms with Crippen LogP contribution in [0.4, 0.5) is 0 Å². The molecule has 3 heterocycles. The summed E-state index contributed by atoms with van der Waals surface area (Å²) in [6.07, 6.45) is 7.28. The number of carbonyl (C=O) groups excluding carboxylic acids is 3. The first-order valence-electron chi connectivity index (χ1n) is 9.57. The van der Waals surface area contributed by atoms with E-state index in [0.717, 1.165) is 24.8 Å². The molecule has 0 saturated carbocycles. The minimum absolute atomic E-state index is 0.129. The van der Waals surface area contributed by atoms with Crippen molar-refractivity contribution < 1.29 is 19.1 Å². The molecule has 1 unspecified atom stereocenters. The Morgan fingerprint density at radius 2 is 2.00 bits per heavy atom. The Labute approximate surface area is 158 Å². The Hall–Kier alpha value is -2.42. The normalized spacial score (nSPS) is 20.4. The molecule has 0 aliphatic carbocycles. The lowest BCUT2D eigenvalue weighted by Gasteiger charge is -2.36. The summed E-state index contributed by atoms with van der Waals surface area (Å²) >= 11 is 0. The number of ether oxygens (including phenoxy) is 1. The van der Waals surface area contributed by atoms with E-state index >= 15 is 0 Å². The summed E-state index contributed by atoms with van der Waals surface area (Å²) in [5.74, 6) is -1.13. The predicted molar refractivity (Wildman–Crippen MR) is 96.7 cm³/mol. The first kappa shape index (κ1) is 19.3. The fraction of sp³-hybridized carbons (Fsp3) is 0.667. The Balaban J connectivity index is 1.50. The maximum Gasteiger partial charge on any atom is 0.312 e. The fourth-order valence-corrected chi connectivity index (χ4v) is 3.49. The molecule has 3 amide bonds. The van der Waals surface area contributed by atoms with Crippen molar-refractivity contribution in [2.75, 3.05) is 39.4 Å². The number of nitrogens with one attached hydrogen (secondary N) is 2. The van der Waals surface area contributed by atoms with Crippen molar-refractivity contribution >= 4 is 17.7 Å². The highest BCUT2D eigenvalue weighted by molar-refractivity contribution is 6.35. The van der Waals surface area contributed by atoms with E-state index in [1.54, 1.807) is 17.3 Å². The van der Waals surface area contributed by atoms with Gasteiger partial charge in [0, 0.05) is 38.8 Å². The maximum absolute atomic E-state index is 12.7. The number of piperidine rings is 1. The van der Waals surface area contributed by atoms with Gasteiger partial charge < -0.3 is 19.9 Å². The van der Waals surface area contributed by atoms with Crippen molar-refractivity contribution in [1.29, 1.82) is 0 Å². The molecule has 0 aromatic carbocycles. The minimum Gasteiger partial charge on any atom is -0.377 e. The number of amides is 3. The van der Waals surface area contributed by atoms with E-state index in [4.69, 9.17) is 4.74 Å². The smallest absolute Gasteiger partial charge is 0.312 e. The second-order valence-corrected chi connectivity index (χ2v) is 6.99. The third-order valence-corrected chi connectivity index (χ3v) is 5.03. The summed E-state index contributed by atoms with van der Waals surface area (Å²) in [6, 6.07) is -0.408. The summed E-state index contributed by atoms with van der Waals surface area (Å²) in [7, 11) is 0. The SMILES string of the molecule is O=C(CC1COCCN1C(=O)C(=O)N1CCCCC1)NCCc1cn[nH]c1. The number of morpholine rings is 1. The summed E-state index contributed by atoms with van der Waals surface area (Å²) in [6.45, 7) is 2.76. The lowest BCUT2D eigenvalue weighted by Crippen LogP contribution is -2.55. The Morgan fingerprint density at radius 1 is 1.19 bits per heavy atom. The largest absolute Gasteiger partial charge is 0.377 e. The van der Waals surface area contributed by atoms with Gasteiger partial charge in [-0.1, -0.05) is 0 Å². The molecule has 2 saturated heterocycles. The number of aromatic amines is 1. The molecule has 1 aromatic heterocycles. The second kappa shape index (κ2) is 9.50. The molecule has 0 bridgehead atoms. The van der Waals surface area contributed by atoms with Crippen LogP contribution in [0.5, 0.6) is 0 Å². The molecule has 9 nitrogen and oxygen atoms in total. The van der Waals surface area contributed by atoms with Gasteiger partial charge in [0.05, 0.1) is 25.5 Å². The third kappa shape index (κ3) is 5.29. The van der Waals surface area contributed by atoms with E-state index in [9.17, 15) is 14.4 Å². The van der Waals surface area contributed by atoms with Crippen LogP contribution in [0.3, 0.4) is 0 Å². The number of hydrogen-bond acceptors (Lipinski definition) is 5. The Bertz CT molecular complexity index is 642. The molecular weight excluding hydrogens is 350 g/mol. The summed E-state index contributed by atoms with van der Waals surface area (Å²) in [4.78, 5) is 40.6. The number of hydrogen-bond donors (Lipinski definition) is 2. The van der Waals surface area contributed by atoms with Gasteiger partial charge in [0.25, 0.3) is 0 Å². The van der Waals surface area contributed by atoms with Crippen LogP contribution in [0.25, 0.3) is 0 Å². The van der Waals surface area contributed by atoms with Crippen molar-refractivity contribution in [3.8, 4) is 0 Å². The van der Waals surface area contributed by atoms with E-state index < -0.39 is 17.9 Å². The van der Waals surface area contributed by atoms with Crippen molar-refractivity contribution in [2.45, 2.75) is 38.1 Å². The van der Waals surface area contributed by atoms with Crippen molar-refractivity contribution in [3.05, 3.63) is 18.0 Å². The molecule has 0 spiro atoms. The highest BCUT2D eigenvalue weighted by atomic mass is 16.5. The van der Waals surface area contributed by atoms with Gasteiger partial charge >= 0.3 is 11.8 Å². The topological polar surface area (TPSA) is 108 Å². The molecule has 1 atom stereocenters. The quantitative estimate of drug-likeness (QED) is 0.685. The van der Waals surface area contributed by atoms with Gasteiger partial charge in [-0.2, -0.15) is 5.10 Å². The van der Waals surface area contributed by atoms with E-state index in [1.165, 1.54) is 4.90 Å². The Morgan fingerprint density at radius 3 is 2.74 bits per heavy atom. The van der Waals surface area contributed by atoms with Gasteiger partial charge in [-0.3, -0.25) is 19.5 Å². The molecular formula is C18H27N5O4. The van der Waals surface area contributed by atoms with Gasteiger partial charge in [0.2, 0.25) is 5.91 Å². The first-order chi connectivity index (χ1) is 13.1. The summed E-state index contributed by atoms with van der Waals surface area (Å²) < 4.78 is 5.44. The molecule has 27 heavy (non-hydrogen) atoms. The minimum atomic E-state index is -0.517. The van der Waals surface area contributed by atoms with Crippen molar-refractivity contribution in [2.24, 2.45) is 0 Å². The lowest BCUT2D eigenvalue weighted by molar-refractivity contribution is -0.158. The monoisotopic (exact) mass is 377 g/mol. The lowest BCUT2D eigenvalue weighted by atomic mass is 10.1. The average molecular weight is 377 g/mol. The molecule has 2 aliphatic heterocycles. The molecule has 2 fully saturated rings. The van der Waals surface area contributed by atoms with Crippen molar-refractivity contribution in [3.63, 3.8) is 0 Å². The van der Waals surface area contributed by atoms with Gasteiger partial charge in [0.1, 0.15) is 0 Å². The van der Waals surface area contributed by atoms with Gasteiger partial charge in [-0.25, -0.2) is 0 Å². The van der Waals surface area contributed by atoms with Gasteiger partial charge in [0.15, 0.2) is 0 Å². The van der Waals surface area contributed by atoms with Crippen molar-refractivity contribution in [1.82, 2.24) is 25.3 Å². The van der Waals surface area contributed by atoms with Gasteiger partial charge in [-0.15, -0.1) is 0 Å². The highest BCUT2D eigenvalue weighted by Crippen LogP contribution is 2.15. The van der Waals surface area contributed by atoms with E-state index in [0.29, 0.717) is 39.2 Å². The molecule has 3 rings (SSSR count). The van der Waals surface area contributed by atoms with Crippen LogP contribution in [0, 0.1) is 0 Å². The third-order valence-electron chi connectivity index (χ3n) is 5.03. The van der Waals surface area contributed by atoms with E-state index in [-0.39, 0.29) is 18.9 Å². The van der Waals surface area contributed by atoms with Crippen LogP contribution in [0.15, 0.2) is 12.4 Å². The molecule has 148 valence electrons. The number of likely N-dealkylation sites (tertiary alicyclic amines) is 1. The zero-order valence-electron chi connectivity index (χ0n) is 15.5. The number of H-pyrrole nitrogens is 1. The first-order valence-corrected chi connectivity index (χ1v) is 9.57. The van der Waals surface area contributed by atoms with Crippen LogP contribution in [-0.4, -0.2) is 83.2 Å². The van der Waals surface area contributed by atoms with Crippen LogP contribution < -0.4 is 5.32 Å². The number of carbonyl (C=O) groups is 3. The van der Waals surface area contributed by atoms with E-state index in [1.807, 2.05) is 0 Å². The predicted octanol–water partition coefficient (Wildman–Crippen LogP) is -0.302. The molecule has 2 N–H and O–H groups in total. The van der Waals surface area contributed by atoms with Gasteiger partial charge in [-0.05, 0) is 31.2 Å². The molecule has 9 heteroatoms. The second-order valence-electron chi connectivity index (χ2n) is 6.99. The molecule has 2 aliphatic rings. The number of nitrogens with zero attached hydrogens (tertiary/aromatic N) is 3. The summed E-state index contributed by atoms with van der Waals surface area (Å²) in [5.41, 5.74) is 1.01. The zero-order chi connectivity index (χ0) is 19.1. The van der Waals surface area contributed by atoms with Crippen LogP contribution in [0.1, 0.15) is 31.2 Å². The van der Waals surface area contributed by atoms with Crippen LogP contribution >= 0.6 is 0 Å². The average Bonchev–Trinajstić information content (AvgIpc) is 3.21. The Kier molecular flexibility index (Phi) is 6.80. The molecule has 0 radical (unpaired) electrons. The number of rotatable bonds is 5. The van der Waals surface area contributed by atoms with Crippen LogP contribution in [-0.2, 0) is 25.5 Å². The van der Waals surface area contributed by atoms with E-state index in [2.05, 4.69) is 15.5 Å². The standard InChI is InChI=1S/C18H27N5O4/c24-16(19-5-4-14-11-20-21-12-14)10-15-13-27-9-8-23(15)18(26)17(25)22-6-2-1-3-7-22/h11-12,15H,1-10,13H2,(H,19,24)(H,20,21).